The van der Waals surface area contributed by atoms with Crippen LogP contribution in [0.1, 0.15) is 17.7 Å². The number of benzene rings is 1. The molecule has 0 bridgehead atoms. The van der Waals surface area contributed by atoms with E-state index in [4.69, 9.17) is 14.9 Å². The quantitative estimate of drug-likeness (QED) is 0.941. The lowest BCUT2D eigenvalue weighted by Crippen LogP contribution is -2.01. The molecule has 92 valence electrons. The number of aryl methyl sites for hydroxylation is 2. The molecule has 1 aromatic carbocycles. The molecule has 2 rings (SSSR count). The van der Waals surface area contributed by atoms with Crippen LogP contribution in [0.3, 0.4) is 0 Å². The van der Waals surface area contributed by atoms with Crippen molar-refractivity contribution >= 4 is 26.9 Å². The van der Waals surface area contributed by atoms with Gasteiger partial charge in [0, 0.05) is 9.86 Å². The van der Waals surface area contributed by atoms with Gasteiger partial charge in [0.15, 0.2) is 11.3 Å². The number of nitrogens with two attached hydrogens (primary N) is 1. The molecular weight excluding hydrogens is 282 g/mol. The molecule has 2 aromatic rings. The van der Waals surface area contributed by atoms with Crippen molar-refractivity contribution in [2.24, 2.45) is 5.73 Å². The molecule has 0 fully saturated rings. The molecule has 0 aliphatic carbocycles. The molecule has 1 aromatic heterocycles. The van der Waals surface area contributed by atoms with Gasteiger partial charge in [-0.1, -0.05) is 0 Å². The Balaban J connectivity index is 2.58. The fourth-order valence-electron chi connectivity index (χ4n) is 1.95. The predicted molar refractivity (Wildman–Crippen MR) is 72.6 cm³/mol. The first-order valence-electron chi connectivity index (χ1n) is 5.63. The average Bonchev–Trinajstić information content (AvgIpc) is 2.71. The molecule has 2 N–H and O–H groups in total. The van der Waals surface area contributed by atoms with E-state index in [0.29, 0.717) is 6.54 Å². The monoisotopic (exact) mass is 297 g/mol. The second-order valence-electron chi connectivity index (χ2n) is 4.04. The van der Waals surface area contributed by atoms with Gasteiger partial charge in [0.2, 0.25) is 0 Å². The van der Waals surface area contributed by atoms with Gasteiger partial charge in [-0.2, -0.15) is 0 Å². The van der Waals surface area contributed by atoms with Crippen LogP contribution in [0.15, 0.2) is 21.0 Å². The summed E-state index contributed by atoms with van der Waals surface area (Å²) in [6, 6.07) is 4.04. The number of halogens is 1. The van der Waals surface area contributed by atoms with E-state index in [1.165, 1.54) is 5.56 Å². The normalized spacial score (nSPS) is 11.1. The minimum atomic E-state index is 0.692. The Labute approximate surface area is 109 Å². The fraction of sp³-hybridized carbons (Fsp3) is 0.385. The summed E-state index contributed by atoms with van der Waals surface area (Å²) in [4.78, 5) is 0. The molecule has 0 radical (unpaired) electrons. The summed E-state index contributed by atoms with van der Waals surface area (Å²) < 4.78 is 12.1. The van der Waals surface area contributed by atoms with Gasteiger partial charge in [0.05, 0.1) is 7.11 Å². The Morgan fingerprint density at radius 3 is 2.82 bits per heavy atom. The molecule has 17 heavy (non-hydrogen) atoms. The molecule has 1 heterocycles. The number of methoxy groups -OCH3 is 1. The maximum Gasteiger partial charge on any atom is 0.177 e. The van der Waals surface area contributed by atoms with Crippen LogP contribution in [0, 0.1) is 6.92 Å². The number of rotatable bonds is 4. The predicted octanol–water partition coefficient (Wildman–Crippen LogP) is 3.40. The Bertz CT molecular complexity index is 534. The number of ether oxygens (including phenoxy) is 1. The van der Waals surface area contributed by atoms with Crippen molar-refractivity contribution in [3.8, 4) is 5.75 Å². The van der Waals surface area contributed by atoms with E-state index < -0.39 is 0 Å². The zero-order valence-electron chi connectivity index (χ0n) is 10.0. The third-order valence-corrected chi connectivity index (χ3v) is 3.71. The molecule has 0 saturated heterocycles. The summed E-state index contributed by atoms with van der Waals surface area (Å²) >= 11 is 3.63. The van der Waals surface area contributed by atoms with Crippen molar-refractivity contribution in [1.82, 2.24) is 0 Å². The van der Waals surface area contributed by atoms with Crippen molar-refractivity contribution in [3.05, 3.63) is 27.9 Å². The van der Waals surface area contributed by atoms with Crippen molar-refractivity contribution in [2.75, 3.05) is 13.7 Å². The van der Waals surface area contributed by atoms with E-state index in [1.807, 2.05) is 19.1 Å². The highest BCUT2D eigenvalue weighted by molar-refractivity contribution is 9.10. The Morgan fingerprint density at radius 1 is 1.41 bits per heavy atom. The molecule has 0 aliphatic rings. The highest BCUT2D eigenvalue weighted by Gasteiger charge is 2.14. The fourth-order valence-corrected chi connectivity index (χ4v) is 2.55. The highest BCUT2D eigenvalue weighted by atomic mass is 79.9. The third kappa shape index (κ3) is 2.33. The molecule has 3 nitrogen and oxygen atoms in total. The van der Waals surface area contributed by atoms with E-state index in [-0.39, 0.29) is 0 Å². The van der Waals surface area contributed by atoms with Gasteiger partial charge >= 0.3 is 0 Å². The molecule has 0 unspecified atom stereocenters. The van der Waals surface area contributed by atoms with E-state index in [9.17, 15) is 0 Å². The van der Waals surface area contributed by atoms with Crippen LogP contribution in [0.4, 0.5) is 0 Å². The van der Waals surface area contributed by atoms with Crippen molar-refractivity contribution in [1.29, 1.82) is 0 Å². The van der Waals surface area contributed by atoms with Crippen LogP contribution in [0.5, 0.6) is 5.75 Å². The highest BCUT2D eigenvalue weighted by Crippen LogP contribution is 2.37. The summed E-state index contributed by atoms with van der Waals surface area (Å²) in [5.41, 5.74) is 7.56. The second kappa shape index (κ2) is 5.10. The maximum atomic E-state index is 5.65. The first-order chi connectivity index (χ1) is 8.17. The minimum Gasteiger partial charge on any atom is -0.493 e. The van der Waals surface area contributed by atoms with Crippen molar-refractivity contribution in [3.63, 3.8) is 0 Å². The number of hydrogen-bond acceptors (Lipinski definition) is 3. The summed E-state index contributed by atoms with van der Waals surface area (Å²) in [6.07, 6.45) is 1.90. The summed E-state index contributed by atoms with van der Waals surface area (Å²) in [7, 11) is 1.66. The Kier molecular flexibility index (Phi) is 3.74. The molecular formula is C13H16BrNO2. The van der Waals surface area contributed by atoms with Gasteiger partial charge in [-0.25, -0.2) is 0 Å². The number of hydrogen-bond donors (Lipinski definition) is 1. The molecule has 4 heteroatoms. The van der Waals surface area contributed by atoms with Crippen LogP contribution in [0.25, 0.3) is 11.0 Å². The van der Waals surface area contributed by atoms with Crippen LogP contribution >= 0.6 is 15.9 Å². The standard InChI is InChI=1S/C13H16BrNO2/c1-8-6-10-12(14)9(4-3-5-15)7-11(16-2)13(10)17-8/h6-7H,3-5,15H2,1-2H3. The van der Waals surface area contributed by atoms with Gasteiger partial charge in [0.1, 0.15) is 5.76 Å². The second-order valence-corrected chi connectivity index (χ2v) is 4.84. The van der Waals surface area contributed by atoms with Gasteiger partial charge in [-0.3, -0.25) is 0 Å². The van der Waals surface area contributed by atoms with E-state index in [0.717, 1.165) is 39.8 Å². The summed E-state index contributed by atoms with van der Waals surface area (Å²) in [6.45, 7) is 2.63. The summed E-state index contributed by atoms with van der Waals surface area (Å²) in [5.74, 6) is 1.67. The van der Waals surface area contributed by atoms with E-state index in [1.54, 1.807) is 7.11 Å². The lowest BCUT2D eigenvalue weighted by atomic mass is 10.1. The topological polar surface area (TPSA) is 48.4 Å². The number of furan rings is 1. The smallest absolute Gasteiger partial charge is 0.177 e. The SMILES string of the molecule is COc1cc(CCCN)c(Br)c2cc(C)oc12. The van der Waals surface area contributed by atoms with Crippen molar-refractivity contribution in [2.45, 2.75) is 19.8 Å². The zero-order valence-corrected chi connectivity index (χ0v) is 11.6. The molecule has 0 spiro atoms. The van der Waals surface area contributed by atoms with Gasteiger partial charge in [0.25, 0.3) is 0 Å². The zero-order chi connectivity index (χ0) is 12.4. The maximum absolute atomic E-state index is 5.65. The van der Waals surface area contributed by atoms with Gasteiger partial charge in [-0.15, -0.1) is 0 Å². The Morgan fingerprint density at radius 2 is 2.18 bits per heavy atom. The van der Waals surface area contributed by atoms with Crippen LogP contribution < -0.4 is 10.5 Å². The molecule has 0 aliphatic heterocycles. The third-order valence-electron chi connectivity index (χ3n) is 2.77. The molecule has 0 saturated carbocycles. The van der Waals surface area contributed by atoms with E-state index in [2.05, 4.69) is 15.9 Å². The van der Waals surface area contributed by atoms with Crippen LogP contribution in [-0.2, 0) is 6.42 Å². The first kappa shape index (κ1) is 12.5. The lowest BCUT2D eigenvalue weighted by Gasteiger charge is -2.08. The van der Waals surface area contributed by atoms with Gasteiger partial charge in [-0.05, 0) is 59.9 Å². The van der Waals surface area contributed by atoms with Crippen LogP contribution in [-0.4, -0.2) is 13.7 Å². The molecule has 0 amide bonds. The minimum absolute atomic E-state index is 0.692. The lowest BCUT2D eigenvalue weighted by molar-refractivity contribution is 0.408. The largest absolute Gasteiger partial charge is 0.493 e. The number of fused-ring (bicyclic) bond motifs is 1. The van der Waals surface area contributed by atoms with Crippen LogP contribution in [0.2, 0.25) is 0 Å². The Hall–Kier alpha value is -1.00. The first-order valence-corrected chi connectivity index (χ1v) is 6.42. The summed E-state index contributed by atoms with van der Waals surface area (Å²) in [5, 5.41) is 1.06. The van der Waals surface area contributed by atoms with E-state index >= 15 is 0 Å². The molecule has 0 atom stereocenters. The van der Waals surface area contributed by atoms with Crippen molar-refractivity contribution < 1.29 is 9.15 Å². The van der Waals surface area contributed by atoms with Gasteiger partial charge < -0.3 is 14.9 Å². The average molecular weight is 298 g/mol.